The van der Waals surface area contributed by atoms with Gasteiger partial charge in [0.1, 0.15) is 18.7 Å². The maximum absolute atomic E-state index is 12.3. The second kappa shape index (κ2) is 7.92. The SMILES string of the molecule is CC(C(=O)Nc1ccc(NC(=O)c2ccccc2Br)cc1)n1cncn1. The zero-order valence-electron chi connectivity index (χ0n) is 13.9. The van der Waals surface area contributed by atoms with E-state index < -0.39 is 6.04 Å². The zero-order chi connectivity index (χ0) is 18.5. The van der Waals surface area contributed by atoms with E-state index >= 15 is 0 Å². The molecule has 0 bridgehead atoms. The summed E-state index contributed by atoms with van der Waals surface area (Å²) in [4.78, 5) is 28.3. The van der Waals surface area contributed by atoms with E-state index in [-0.39, 0.29) is 11.8 Å². The Morgan fingerprint density at radius 2 is 1.69 bits per heavy atom. The number of nitrogens with zero attached hydrogens (tertiary/aromatic N) is 3. The Labute approximate surface area is 158 Å². The van der Waals surface area contributed by atoms with Gasteiger partial charge in [0.05, 0.1) is 5.56 Å². The largest absolute Gasteiger partial charge is 0.324 e. The number of nitrogens with one attached hydrogen (secondary N) is 2. The van der Waals surface area contributed by atoms with Crippen molar-refractivity contribution < 1.29 is 9.59 Å². The van der Waals surface area contributed by atoms with E-state index in [1.165, 1.54) is 17.3 Å². The van der Waals surface area contributed by atoms with Crippen LogP contribution in [0.5, 0.6) is 0 Å². The van der Waals surface area contributed by atoms with Gasteiger partial charge in [-0.05, 0) is 59.3 Å². The number of benzene rings is 2. The van der Waals surface area contributed by atoms with Gasteiger partial charge in [0.15, 0.2) is 0 Å². The summed E-state index contributed by atoms with van der Waals surface area (Å²) in [5.41, 5.74) is 1.81. The van der Waals surface area contributed by atoms with Crippen molar-refractivity contribution >= 4 is 39.1 Å². The van der Waals surface area contributed by atoms with Crippen molar-refractivity contribution in [2.75, 3.05) is 10.6 Å². The average Bonchev–Trinajstić information content (AvgIpc) is 3.17. The highest BCUT2D eigenvalue weighted by Crippen LogP contribution is 2.19. The first-order valence-corrected chi connectivity index (χ1v) is 8.65. The van der Waals surface area contributed by atoms with Crippen LogP contribution in [0.4, 0.5) is 11.4 Å². The van der Waals surface area contributed by atoms with Gasteiger partial charge in [-0.2, -0.15) is 5.10 Å². The van der Waals surface area contributed by atoms with Gasteiger partial charge >= 0.3 is 0 Å². The molecule has 0 spiro atoms. The number of rotatable bonds is 5. The molecule has 26 heavy (non-hydrogen) atoms. The summed E-state index contributed by atoms with van der Waals surface area (Å²) < 4.78 is 2.20. The Hall–Kier alpha value is -3.00. The van der Waals surface area contributed by atoms with Crippen LogP contribution in [0, 0.1) is 0 Å². The van der Waals surface area contributed by atoms with Crippen molar-refractivity contribution in [1.82, 2.24) is 14.8 Å². The van der Waals surface area contributed by atoms with Crippen LogP contribution in [-0.4, -0.2) is 26.6 Å². The van der Waals surface area contributed by atoms with Gasteiger partial charge in [-0.1, -0.05) is 12.1 Å². The van der Waals surface area contributed by atoms with Gasteiger partial charge in [-0.25, -0.2) is 9.67 Å². The van der Waals surface area contributed by atoms with Crippen LogP contribution in [-0.2, 0) is 4.79 Å². The molecule has 2 N–H and O–H groups in total. The van der Waals surface area contributed by atoms with Crippen molar-refractivity contribution in [3.63, 3.8) is 0 Å². The van der Waals surface area contributed by atoms with Gasteiger partial charge < -0.3 is 10.6 Å². The Morgan fingerprint density at radius 3 is 2.31 bits per heavy atom. The summed E-state index contributed by atoms with van der Waals surface area (Å²) >= 11 is 3.36. The molecule has 3 rings (SSSR count). The lowest BCUT2D eigenvalue weighted by Crippen LogP contribution is -2.24. The highest BCUT2D eigenvalue weighted by molar-refractivity contribution is 9.10. The number of hydrogen-bond donors (Lipinski definition) is 2. The lowest BCUT2D eigenvalue weighted by atomic mass is 10.2. The number of carbonyl (C=O) groups excluding carboxylic acids is 2. The zero-order valence-corrected chi connectivity index (χ0v) is 15.5. The van der Waals surface area contributed by atoms with Gasteiger partial charge in [0.25, 0.3) is 5.91 Å². The van der Waals surface area contributed by atoms with Crippen molar-refractivity contribution in [1.29, 1.82) is 0 Å². The van der Waals surface area contributed by atoms with E-state index in [9.17, 15) is 9.59 Å². The molecule has 2 amide bonds. The highest BCUT2D eigenvalue weighted by atomic mass is 79.9. The molecule has 1 heterocycles. The number of carbonyl (C=O) groups is 2. The maximum atomic E-state index is 12.3. The average molecular weight is 414 g/mol. The topological polar surface area (TPSA) is 88.9 Å². The second-order valence-electron chi connectivity index (χ2n) is 5.55. The summed E-state index contributed by atoms with van der Waals surface area (Å²) in [5, 5.41) is 9.58. The summed E-state index contributed by atoms with van der Waals surface area (Å²) in [5.74, 6) is -0.422. The minimum absolute atomic E-state index is 0.208. The number of aromatic nitrogens is 3. The fourth-order valence-corrected chi connectivity index (χ4v) is 2.73. The lowest BCUT2D eigenvalue weighted by molar-refractivity contribution is -0.119. The molecule has 0 aliphatic heterocycles. The minimum Gasteiger partial charge on any atom is -0.324 e. The van der Waals surface area contributed by atoms with E-state index in [4.69, 9.17) is 0 Å². The molecular formula is C18H16BrN5O2. The third kappa shape index (κ3) is 4.15. The molecule has 1 unspecified atom stereocenters. The molecule has 2 aromatic carbocycles. The molecule has 1 atom stereocenters. The van der Waals surface area contributed by atoms with Gasteiger partial charge in [0.2, 0.25) is 5.91 Å². The number of halogens is 1. The van der Waals surface area contributed by atoms with Crippen molar-refractivity contribution in [2.24, 2.45) is 0 Å². The smallest absolute Gasteiger partial charge is 0.256 e. The van der Waals surface area contributed by atoms with Crippen LogP contribution in [0.2, 0.25) is 0 Å². The van der Waals surface area contributed by atoms with Crippen LogP contribution in [0.15, 0.2) is 65.7 Å². The normalized spacial score (nSPS) is 11.6. The molecule has 8 heteroatoms. The van der Waals surface area contributed by atoms with E-state index in [1.54, 1.807) is 43.3 Å². The number of anilines is 2. The summed E-state index contributed by atoms with van der Waals surface area (Å²) in [7, 11) is 0. The maximum Gasteiger partial charge on any atom is 0.256 e. The summed E-state index contributed by atoms with van der Waals surface area (Å²) in [6.45, 7) is 1.73. The Balaban J connectivity index is 1.62. The molecule has 0 saturated heterocycles. The lowest BCUT2D eigenvalue weighted by Gasteiger charge is -2.12. The van der Waals surface area contributed by atoms with Crippen molar-refractivity contribution in [3.8, 4) is 0 Å². The fraction of sp³-hybridized carbons (Fsp3) is 0.111. The molecule has 0 fully saturated rings. The van der Waals surface area contributed by atoms with E-state index in [2.05, 4.69) is 36.6 Å². The monoisotopic (exact) mass is 413 g/mol. The Bertz CT molecular complexity index is 910. The predicted octanol–water partition coefficient (Wildman–Crippen LogP) is 3.49. The molecule has 0 saturated carbocycles. The first-order chi connectivity index (χ1) is 12.5. The quantitative estimate of drug-likeness (QED) is 0.669. The Kier molecular flexibility index (Phi) is 5.43. The minimum atomic E-state index is -0.479. The third-order valence-corrected chi connectivity index (χ3v) is 4.43. The van der Waals surface area contributed by atoms with E-state index in [0.717, 1.165) is 4.47 Å². The molecule has 132 valence electrons. The molecule has 7 nitrogen and oxygen atoms in total. The molecule has 0 aliphatic carbocycles. The fourth-order valence-electron chi connectivity index (χ4n) is 2.26. The highest BCUT2D eigenvalue weighted by Gasteiger charge is 2.15. The van der Waals surface area contributed by atoms with Crippen molar-refractivity contribution in [3.05, 3.63) is 71.2 Å². The van der Waals surface area contributed by atoms with Crippen LogP contribution < -0.4 is 10.6 Å². The van der Waals surface area contributed by atoms with Crippen molar-refractivity contribution in [2.45, 2.75) is 13.0 Å². The Morgan fingerprint density at radius 1 is 1.04 bits per heavy atom. The van der Waals surface area contributed by atoms with E-state index in [0.29, 0.717) is 16.9 Å². The van der Waals surface area contributed by atoms with Crippen LogP contribution >= 0.6 is 15.9 Å². The molecular weight excluding hydrogens is 398 g/mol. The van der Waals surface area contributed by atoms with Gasteiger partial charge in [-0.3, -0.25) is 9.59 Å². The first kappa shape index (κ1) is 17.8. The molecule has 3 aromatic rings. The second-order valence-corrected chi connectivity index (χ2v) is 6.41. The third-order valence-electron chi connectivity index (χ3n) is 3.74. The molecule has 0 radical (unpaired) electrons. The number of amides is 2. The summed E-state index contributed by atoms with van der Waals surface area (Å²) in [6.07, 6.45) is 2.87. The van der Waals surface area contributed by atoms with Crippen LogP contribution in [0.25, 0.3) is 0 Å². The molecule has 0 aliphatic rings. The van der Waals surface area contributed by atoms with Gasteiger partial charge in [-0.15, -0.1) is 0 Å². The van der Waals surface area contributed by atoms with Gasteiger partial charge in [0, 0.05) is 15.8 Å². The first-order valence-electron chi connectivity index (χ1n) is 7.85. The van der Waals surface area contributed by atoms with Crippen LogP contribution in [0.1, 0.15) is 23.3 Å². The molecule has 1 aromatic heterocycles. The predicted molar refractivity (Wildman–Crippen MR) is 102 cm³/mol. The number of hydrogen-bond acceptors (Lipinski definition) is 4. The van der Waals surface area contributed by atoms with Crippen LogP contribution in [0.3, 0.4) is 0 Å². The van der Waals surface area contributed by atoms with E-state index in [1.807, 2.05) is 12.1 Å². The summed E-state index contributed by atoms with van der Waals surface area (Å²) in [6, 6.07) is 13.6. The standard InChI is InChI=1S/C18H16BrN5O2/c1-12(24-11-20-10-21-24)17(25)22-13-6-8-14(9-7-13)23-18(26)15-4-2-3-5-16(15)19/h2-12H,1H3,(H,22,25)(H,23,26).